The number of phenols is 1. The van der Waals surface area contributed by atoms with Crippen LogP contribution in [-0.2, 0) is 15.5 Å². The van der Waals surface area contributed by atoms with Gasteiger partial charge in [0.05, 0.1) is 6.61 Å². The fourth-order valence-electron chi connectivity index (χ4n) is 3.98. The Balaban J connectivity index is 1.64. The molecule has 1 atom stereocenters. The van der Waals surface area contributed by atoms with Crippen LogP contribution < -0.4 is 9.05 Å². The molecule has 0 bridgehead atoms. The maximum Gasteiger partial charge on any atom is 0.587 e. The summed E-state index contributed by atoms with van der Waals surface area (Å²) in [6, 6.07) is 13.5. The van der Waals surface area contributed by atoms with E-state index in [1.165, 1.54) is 0 Å². The molecule has 0 saturated carbocycles. The molecule has 0 aliphatic carbocycles. The molecule has 0 amide bonds. The van der Waals surface area contributed by atoms with Gasteiger partial charge in [0.1, 0.15) is 17.2 Å². The second-order valence-corrected chi connectivity index (χ2v) is 9.77. The number of phosphoric acid groups is 1. The first-order valence-corrected chi connectivity index (χ1v) is 11.8. The van der Waals surface area contributed by atoms with Gasteiger partial charge in [-0.3, -0.25) is 4.52 Å². The summed E-state index contributed by atoms with van der Waals surface area (Å²) >= 11 is 0. The van der Waals surface area contributed by atoms with Gasteiger partial charge in [-0.15, -0.1) is 0 Å². The van der Waals surface area contributed by atoms with E-state index in [-0.39, 0.29) is 6.61 Å². The topological polar surface area (TPSA) is 65.0 Å². The number of hydrogen-bond donors (Lipinski definition) is 1. The molecule has 31 heavy (non-hydrogen) atoms. The Morgan fingerprint density at radius 3 is 2.23 bits per heavy atom. The zero-order chi connectivity index (χ0) is 22.3. The first-order valence-electron chi connectivity index (χ1n) is 10.3. The molecule has 4 rings (SSSR count). The number of phosphoric ester groups is 1. The predicted molar refractivity (Wildman–Crippen MR) is 122 cm³/mol. The van der Waals surface area contributed by atoms with Crippen molar-refractivity contribution in [3.63, 3.8) is 0 Å². The molecule has 5 nitrogen and oxygen atoms in total. The number of phenolic OH excluding ortho intramolecular Hbond substituents is 1. The minimum absolute atomic E-state index is 0.155. The van der Waals surface area contributed by atoms with Gasteiger partial charge in [0.2, 0.25) is 0 Å². The van der Waals surface area contributed by atoms with Crippen molar-refractivity contribution in [1.29, 1.82) is 0 Å². The zero-order valence-corrected chi connectivity index (χ0v) is 19.4. The molecule has 0 fully saturated rings. The lowest BCUT2D eigenvalue weighted by molar-refractivity contribution is 0.213. The van der Waals surface area contributed by atoms with Crippen molar-refractivity contribution in [2.45, 2.75) is 41.0 Å². The molecule has 1 N–H and O–H groups in total. The Hall–Kier alpha value is -2.75. The normalized spacial score (nSPS) is 17.2. The maximum atomic E-state index is 13.6. The van der Waals surface area contributed by atoms with Gasteiger partial charge in [-0.1, -0.05) is 29.8 Å². The Labute approximate surface area is 183 Å². The Bertz CT molecular complexity index is 1190. The Morgan fingerprint density at radius 1 is 0.839 bits per heavy atom. The predicted octanol–water partition coefficient (Wildman–Crippen LogP) is 6.74. The lowest BCUT2D eigenvalue weighted by Crippen LogP contribution is -2.07. The van der Waals surface area contributed by atoms with E-state index in [2.05, 4.69) is 0 Å². The summed E-state index contributed by atoms with van der Waals surface area (Å²) in [7, 11) is -3.90. The lowest BCUT2D eigenvalue weighted by Gasteiger charge is -2.18. The van der Waals surface area contributed by atoms with Crippen LogP contribution in [0.1, 0.15) is 33.4 Å². The quantitative estimate of drug-likeness (QED) is 0.457. The van der Waals surface area contributed by atoms with Crippen LogP contribution in [0, 0.1) is 34.6 Å². The fourth-order valence-corrected chi connectivity index (χ4v) is 5.30. The van der Waals surface area contributed by atoms with Gasteiger partial charge in [0, 0.05) is 11.1 Å². The van der Waals surface area contributed by atoms with Crippen LogP contribution in [0.4, 0.5) is 0 Å². The molecular weight excluding hydrogens is 411 g/mol. The highest BCUT2D eigenvalue weighted by molar-refractivity contribution is 7.49. The molecule has 0 saturated heterocycles. The van der Waals surface area contributed by atoms with Gasteiger partial charge < -0.3 is 14.2 Å². The SMILES string of the molecule is Cc1ccc2c(c1)-c1cc(C)cc(C)c1OP(=O)(OCCc1cc(C)c(O)c(C)c1)O2. The van der Waals surface area contributed by atoms with Crippen LogP contribution in [0.25, 0.3) is 11.1 Å². The van der Waals surface area contributed by atoms with Crippen molar-refractivity contribution < 1.29 is 23.2 Å². The highest BCUT2D eigenvalue weighted by Gasteiger charge is 2.36. The van der Waals surface area contributed by atoms with E-state index in [1.54, 1.807) is 0 Å². The molecule has 0 spiro atoms. The average Bonchev–Trinajstić information content (AvgIpc) is 2.81. The van der Waals surface area contributed by atoms with Gasteiger partial charge >= 0.3 is 7.82 Å². The van der Waals surface area contributed by atoms with Gasteiger partial charge in [-0.05, 0) is 87.1 Å². The number of aromatic hydroxyl groups is 1. The average molecular weight is 438 g/mol. The molecule has 6 heteroatoms. The minimum atomic E-state index is -3.90. The summed E-state index contributed by atoms with van der Waals surface area (Å²) in [5.41, 5.74) is 7.31. The van der Waals surface area contributed by atoms with Crippen LogP contribution in [0.15, 0.2) is 42.5 Å². The van der Waals surface area contributed by atoms with Gasteiger partial charge in [0.15, 0.2) is 0 Å². The third-order valence-electron chi connectivity index (χ3n) is 5.45. The van der Waals surface area contributed by atoms with E-state index in [4.69, 9.17) is 13.6 Å². The monoisotopic (exact) mass is 438 g/mol. The summed E-state index contributed by atoms with van der Waals surface area (Å²) in [4.78, 5) is 0. The highest BCUT2D eigenvalue weighted by Crippen LogP contribution is 2.57. The lowest BCUT2D eigenvalue weighted by atomic mass is 9.97. The highest BCUT2D eigenvalue weighted by atomic mass is 31.2. The smallest absolute Gasteiger partial charge is 0.507 e. The van der Waals surface area contributed by atoms with E-state index in [0.717, 1.165) is 44.5 Å². The Morgan fingerprint density at radius 2 is 1.52 bits per heavy atom. The molecule has 1 unspecified atom stereocenters. The second-order valence-electron chi connectivity index (χ2n) is 8.25. The fraction of sp³-hybridized carbons (Fsp3) is 0.280. The molecule has 0 aromatic heterocycles. The minimum Gasteiger partial charge on any atom is -0.507 e. The second kappa shape index (κ2) is 8.07. The molecule has 1 heterocycles. The van der Waals surface area contributed by atoms with Crippen molar-refractivity contribution >= 4 is 7.82 Å². The molecule has 1 aliphatic rings. The third-order valence-corrected chi connectivity index (χ3v) is 6.77. The molecule has 162 valence electrons. The number of hydrogen-bond acceptors (Lipinski definition) is 5. The third kappa shape index (κ3) is 4.34. The van der Waals surface area contributed by atoms with Gasteiger partial charge in [-0.25, -0.2) is 4.57 Å². The largest absolute Gasteiger partial charge is 0.587 e. The summed E-state index contributed by atoms with van der Waals surface area (Å²) in [6.07, 6.45) is 0.513. The first-order chi connectivity index (χ1) is 14.6. The number of benzene rings is 3. The van der Waals surface area contributed by atoms with Gasteiger partial charge in [-0.2, -0.15) is 0 Å². The van der Waals surface area contributed by atoms with E-state index in [0.29, 0.717) is 23.7 Å². The number of aryl methyl sites for hydroxylation is 5. The molecule has 3 aromatic carbocycles. The van der Waals surface area contributed by atoms with Crippen molar-refractivity contribution in [3.8, 4) is 28.4 Å². The van der Waals surface area contributed by atoms with Crippen molar-refractivity contribution in [2.75, 3.05) is 6.61 Å². The first kappa shape index (κ1) is 21.5. The molecule has 0 radical (unpaired) electrons. The van der Waals surface area contributed by atoms with E-state index < -0.39 is 7.82 Å². The zero-order valence-electron chi connectivity index (χ0n) is 18.5. The Kier molecular flexibility index (Phi) is 5.59. The summed E-state index contributed by atoms with van der Waals surface area (Å²) in [5, 5.41) is 9.97. The molecular formula is C25H27O5P. The van der Waals surface area contributed by atoms with Crippen LogP contribution >= 0.6 is 7.82 Å². The summed E-state index contributed by atoms with van der Waals surface area (Å²) in [5.74, 6) is 1.30. The van der Waals surface area contributed by atoms with E-state index in [1.807, 2.05) is 77.1 Å². The summed E-state index contributed by atoms with van der Waals surface area (Å²) in [6.45, 7) is 9.82. The molecule has 1 aliphatic heterocycles. The van der Waals surface area contributed by atoms with Crippen LogP contribution in [0.5, 0.6) is 17.2 Å². The van der Waals surface area contributed by atoms with Crippen LogP contribution in [0.2, 0.25) is 0 Å². The number of rotatable bonds is 4. The molecule has 3 aromatic rings. The maximum absolute atomic E-state index is 13.6. The van der Waals surface area contributed by atoms with Crippen LogP contribution in [0.3, 0.4) is 0 Å². The van der Waals surface area contributed by atoms with Crippen LogP contribution in [-0.4, -0.2) is 11.7 Å². The summed E-state index contributed by atoms with van der Waals surface area (Å²) < 4.78 is 31.1. The van der Waals surface area contributed by atoms with Crippen molar-refractivity contribution in [1.82, 2.24) is 0 Å². The van der Waals surface area contributed by atoms with Crippen molar-refractivity contribution in [3.05, 3.63) is 75.8 Å². The van der Waals surface area contributed by atoms with Gasteiger partial charge in [0.25, 0.3) is 0 Å². The number of fused-ring (bicyclic) bond motifs is 3. The standard InChI is InChI=1S/C25H27O5P/c1-15-6-7-23-21(11-15)22-12-16(2)10-19(5)25(22)30-31(27,29-23)28-9-8-20-13-17(3)24(26)18(4)14-20/h6-7,10-14,26H,8-9H2,1-5H3. The van der Waals surface area contributed by atoms with E-state index in [9.17, 15) is 9.67 Å². The van der Waals surface area contributed by atoms with Crippen molar-refractivity contribution in [2.24, 2.45) is 0 Å². The van der Waals surface area contributed by atoms with E-state index >= 15 is 0 Å².